The number of hydrogen-bond acceptors (Lipinski definition) is 13. The number of aromatic nitrogens is 4. The van der Waals surface area contributed by atoms with Gasteiger partial charge in [0.15, 0.2) is 23.2 Å². The first-order valence-electron chi connectivity index (χ1n) is 11.4. The number of nitrogens with one attached hydrogen (secondary N) is 2. The van der Waals surface area contributed by atoms with Crippen LogP contribution in [0.15, 0.2) is 36.7 Å². The molecular weight excluding hydrogens is 578 g/mol. The molecule has 1 aliphatic heterocycles. The number of imidazole rings is 1. The fraction of sp³-hybridized carbons (Fsp3) is 0.450. The van der Waals surface area contributed by atoms with E-state index in [-0.39, 0.29) is 5.82 Å². The maximum absolute atomic E-state index is 10.8. The van der Waals surface area contributed by atoms with Gasteiger partial charge in [0.05, 0.1) is 0 Å². The second kappa shape index (κ2) is 14.7. The van der Waals surface area contributed by atoms with Gasteiger partial charge in [-0.05, 0) is 26.6 Å². The molecule has 10 N–H and O–H groups in total. The standard InChI is InChI=1S/C20H27N7O3.2H2O4S/c1-22-8-5-9-23-10-13-15(28)16(29)20(30-13)27-18(12-6-3-2-4-7-12)26-14-17(21)24-11-25-19(14)27;2*1-5(2,3)4/h2-4,6-7,11,13,15-16,20,22-23,28-29H,5,8-10H2,1H3,(H2,21,24,25);2*(H2,1,2,3,4)/t13-,15-,16-,20-;;/m1../s1. The molecule has 1 aliphatic rings. The Labute approximate surface area is 229 Å². The number of hydrogen-bond donors (Lipinski definition) is 9. The number of ether oxygens (including phenoxy) is 1. The number of fused-ring (bicyclic) bond motifs is 1. The van der Waals surface area contributed by atoms with Crippen LogP contribution in [0.3, 0.4) is 0 Å². The van der Waals surface area contributed by atoms with Crippen molar-refractivity contribution >= 4 is 37.8 Å². The summed E-state index contributed by atoms with van der Waals surface area (Å²) in [6, 6.07) is 9.50. The molecule has 0 bridgehead atoms. The van der Waals surface area contributed by atoms with Gasteiger partial charge in [0, 0.05) is 12.1 Å². The molecule has 224 valence electrons. The highest BCUT2D eigenvalue weighted by atomic mass is 32.3. The van der Waals surface area contributed by atoms with E-state index in [1.54, 1.807) is 4.57 Å². The van der Waals surface area contributed by atoms with Gasteiger partial charge in [-0.2, -0.15) is 16.8 Å². The number of nitrogens with two attached hydrogens (primary N) is 1. The summed E-state index contributed by atoms with van der Waals surface area (Å²) in [6.07, 6.45) is -1.33. The van der Waals surface area contributed by atoms with Gasteiger partial charge in [0.1, 0.15) is 30.5 Å². The van der Waals surface area contributed by atoms with Crippen molar-refractivity contribution in [2.24, 2.45) is 0 Å². The van der Waals surface area contributed by atoms with Crippen molar-refractivity contribution in [2.75, 3.05) is 32.4 Å². The van der Waals surface area contributed by atoms with Gasteiger partial charge in [-0.1, -0.05) is 30.3 Å². The highest BCUT2D eigenvalue weighted by molar-refractivity contribution is 7.80. The Morgan fingerprint density at radius 1 is 0.975 bits per heavy atom. The molecule has 18 nitrogen and oxygen atoms in total. The lowest BCUT2D eigenvalue weighted by molar-refractivity contribution is -0.0331. The molecule has 2 aromatic heterocycles. The van der Waals surface area contributed by atoms with Gasteiger partial charge in [-0.25, -0.2) is 15.0 Å². The average molecular weight is 610 g/mol. The molecule has 1 aromatic carbocycles. The van der Waals surface area contributed by atoms with Crippen LogP contribution in [0.2, 0.25) is 0 Å². The zero-order valence-corrected chi connectivity index (χ0v) is 22.6. The van der Waals surface area contributed by atoms with Gasteiger partial charge in [0.2, 0.25) is 0 Å². The Hall–Kier alpha value is -2.89. The fourth-order valence-corrected chi connectivity index (χ4v) is 3.70. The van der Waals surface area contributed by atoms with E-state index in [9.17, 15) is 10.2 Å². The lowest BCUT2D eigenvalue weighted by Gasteiger charge is -2.19. The van der Waals surface area contributed by atoms with Crippen molar-refractivity contribution in [3.05, 3.63) is 36.7 Å². The summed E-state index contributed by atoms with van der Waals surface area (Å²) >= 11 is 0. The van der Waals surface area contributed by atoms with E-state index in [0.29, 0.717) is 23.5 Å². The molecule has 3 heterocycles. The third kappa shape index (κ3) is 10.6. The molecule has 0 saturated carbocycles. The quantitative estimate of drug-likeness (QED) is 0.105. The average Bonchev–Trinajstić information content (AvgIpc) is 3.36. The van der Waals surface area contributed by atoms with Crippen molar-refractivity contribution in [2.45, 2.75) is 31.0 Å². The van der Waals surface area contributed by atoms with E-state index in [2.05, 4.69) is 25.6 Å². The number of aliphatic hydroxyl groups is 2. The lowest BCUT2D eigenvalue weighted by Crippen LogP contribution is -2.38. The molecule has 0 amide bonds. The fourth-order valence-electron chi connectivity index (χ4n) is 3.70. The molecule has 4 atom stereocenters. The van der Waals surface area contributed by atoms with Crippen LogP contribution in [0, 0.1) is 0 Å². The molecule has 1 fully saturated rings. The highest BCUT2D eigenvalue weighted by Crippen LogP contribution is 2.36. The topological polar surface area (TPSA) is 293 Å². The normalized spacial score (nSPS) is 20.9. The predicted octanol–water partition coefficient (Wildman–Crippen LogP) is -1.41. The van der Waals surface area contributed by atoms with Crippen LogP contribution >= 0.6 is 0 Å². The smallest absolute Gasteiger partial charge is 0.387 e. The van der Waals surface area contributed by atoms with E-state index in [0.717, 1.165) is 25.1 Å². The zero-order chi connectivity index (χ0) is 30.1. The number of anilines is 1. The van der Waals surface area contributed by atoms with E-state index < -0.39 is 45.3 Å². The SMILES string of the molecule is CNCCCNC[C@H]1O[C@@H](n2c(-c3ccccc3)nc3c(N)ncnc32)[C@H](O)[C@@H]1O.O=S(=O)(O)O.O=S(=O)(O)O. The maximum Gasteiger partial charge on any atom is 0.394 e. The van der Waals surface area contributed by atoms with Crippen LogP contribution < -0.4 is 16.4 Å². The molecule has 20 heteroatoms. The lowest BCUT2D eigenvalue weighted by atomic mass is 10.1. The van der Waals surface area contributed by atoms with Crippen molar-refractivity contribution in [3.63, 3.8) is 0 Å². The number of aliphatic hydroxyl groups excluding tert-OH is 2. The minimum Gasteiger partial charge on any atom is -0.387 e. The first-order valence-corrected chi connectivity index (χ1v) is 14.2. The highest BCUT2D eigenvalue weighted by Gasteiger charge is 2.45. The van der Waals surface area contributed by atoms with E-state index >= 15 is 0 Å². The summed E-state index contributed by atoms with van der Waals surface area (Å²) < 4.78 is 70.9. The van der Waals surface area contributed by atoms with Crippen LogP contribution in [0.4, 0.5) is 5.82 Å². The molecule has 4 rings (SSSR count). The maximum atomic E-state index is 10.8. The Bertz CT molecular complexity index is 1390. The van der Waals surface area contributed by atoms with Crippen molar-refractivity contribution in [1.82, 2.24) is 30.2 Å². The molecule has 0 radical (unpaired) electrons. The van der Waals surface area contributed by atoms with E-state index in [1.165, 1.54) is 6.33 Å². The first kappa shape index (κ1) is 33.3. The predicted molar refractivity (Wildman–Crippen MR) is 141 cm³/mol. The third-order valence-electron chi connectivity index (χ3n) is 5.25. The van der Waals surface area contributed by atoms with Crippen LogP contribution in [-0.4, -0.2) is 110 Å². The van der Waals surface area contributed by atoms with Gasteiger partial charge in [0.25, 0.3) is 0 Å². The molecule has 0 unspecified atom stereocenters. The number of benzene rings is 1. The summed E-state index contributed by atoms with van der Waals surface area (Å²) in [5, 5.41) is 27.8. The zero-order valence-electron chi connectivity index (χ0n) is 21.0. The van der Waals surface area contributed by atoms with Gasteiger partial charge < -0.3 is 31.3 Å². The van der Waals surface area contributed by atoms with Crippen LogP contribution in [0.25, 0.3) is 22.6 Å². The van der Waals surface area contributed by atoms with Gasteiger partial charge >= 0.3 is 20.8 Å². The van der Waals surface area contributed by atoms with Crippen molar-refractivity contribution in [1.29, 1.82) is 0 Å². The molecule has 0 aliphatic carbocycles. The summed E-state index contributed by atoms with van der Waals surface area (Å²) in [6.45, 7) is 2.10. The summed E-state index contributed by atoms with van der Waals surface area (Å²) in [7, 11) is -7.43. The van der Waals surface area contributed by atoms with Crippen LogP contribution in [0.5, 0.6) is 0 Å². The minimum absolute atomic E-state index is 0.242. The van der Waals surface area contributed by atoms with Crippen molar-refractivity contribution < 1.29 is 50.0 Å². The minimum atomic E-state index is -4.67. The van der Waals surface area contributed by atoms with Crippen LogP contribution in [-0.2, 0) is 25.5 Å². The number of nitrogens with zero attached hydrogens (tertiary/aromatic N) is 4. The molecule has 3 aromatic rings. The van der Waals surface area contributed by atoms with Crippen molar-refractivity contribution in [3.8, 4) is 11.4 Å². The first-order chi connectivity index (χ1) is 18.6. The van der Waals surface area contributed by atoms with E-state index in [1.807, 2.05) is 37.4 Å². The van der Waals surface area contributed by atoms with Gasteiger partial charge in [-0.15, -0.1) is 0 Å². The number of nitrogen functional groups attached to an aromatic ring is 1. The monoisotopic (exact) mass is 609 g/mol. The second-order valence-corrected chi connectivity index (χ2v) is 10.00. The Kier molecular flexibility index (Phi) is 12.2. The second-order valence-electron chi connectivity index (χ2n) is 8.21. The third-order valence-corrected chi connectivity index (χ3v) is 5.25. The molecule has 0 spiro atoms. The van der Waals surface area contributed by atoms with Crippen LogP contribution in [0.1, 0.15) is 12.6 Å². The summed E-state index contributed by atoms with van der Waals surface area (Å²) in [4.78, 5) is 13.0. The number of rotatable bonds is 8. The summed E-state index contributed by atoms with van der Waals surface area (Å²) in [5.41, 5.74) is 7.70. The molecule has 40 heavy (non-hydrogen) atoms. The van der Waals surface area contributed by atoms with Gasteiger partial charge in [-0.3, -0.25) is 22.8 Å². The molecular formula is C20H31N7O11S2. The Morgan fingerprint density at radius 2 is 1.57 bits per heavy atom. The van der Waals surface area contributed by atoms with E-state index in [4.69, 9.17) is 45.5 Å². The largest absolute Gasteiger partial charge is 0.394 e. The molecule has 1 saturated heterocycles. The Balaban J connectivity index is 0.000000482. The summed E-state index contributed by atoms with van der Waals surface area (Å²) in [5.74, 6) is 0.781. The Morgan fingerprint density at radius 3 is 2.15 bits per heavy atom.